The zero-order valence-electron chi connectivity index (χ0n) is 18.3. The van der Waals surface area contributed by atoms with Crippen molar-refractivity contribution in [1.29, 1.82) is 0 Å². The van der Waals surface area contributed by atoms with Crippen molar-refractivity contribution >= 4 is 40.9 Å². The maximum atomic E-state index is 12.9. The predicted molar refractivity (Wildman–Crippen MR) is 124 cm³/mol. The van der Waals surface area contributed by atoms with E-state index in [1.54, 1.807) is 24.3 Å². The first-order chi connectivity index (χ1) is 14.7. The number of hydrogen-bond donors (Lipinski definition) is 1. The number of ether oxygens (including phenoxy) is 1. The second-order valence-corrected chi connectivity index (χ2v) is 9.89. The number of nitrogens with zero attached hydrogens (tertiary/aromatic N) is 1. The summed E-state index contributed by atoms with van der Waals surface area (Å²) in [6.45, 7) is 8.50. The summed E-state index contributed by atoms with van der Waals surface area (Å²) in [6, 6.07) is 14.3. The molecule has 0 aromatic heterocycles. The van der Waals surface area contributed by atoms with Crippen LogP contribution in [0, 0.1) is 5.41 Å². The number of carbonyl (C=O) groups excluding carboxylic acids is 3. The van der Waals surface area contributed by atoms with Gasteiger partial charge in [0.1, 0.15) is 5.75 Å². The molecule has 1 saturated heterocycles. The number of thioether (sulfide) groups is 1. The Kier molecular flexibility index (Phi) is 7.05. The molecule has 1 heterocycles. The number of rotatable bonds is 7. The molecule has 6 nitrogen and oxygen atoms in total. The van der Waals surface area contributed by atoms with Gasteiger partial charge >= 0.3 is 0 Å². The third-order valence-electron chi connectivity index (χ3n) is 4.62. The number of hydrogen-bond acceptors (Lipinski definition) is 5. The molecule has 3 amide bonds. The molecule has 1 unspecified atom stereocenters. The molecular weight excluding hydrogens is 412 g/mol. The molecule has 7 heteroatoms. The second-order valence-electron chi connectivity index (χ2n) is 8.61. The largest absolute Gasteiger partial charge is 0.494 e. The Hall–Kier alpha value is -2.80. The van der Waals surface area contributed by atoms with Crippen molar-refractivity contribution in [2.75, 3.05) is 16.8 Å². The SMILES string of the molecule is CCOc1ccc(N2C(=O)CC(Sc3ccc(NC(=O)CC(C)(C)C)cc3)C2=O)cc1. The molecule has 1 N–H and O–H groups in total. The highest BCUT2D eigenvalue weighted by molar-refractivity contribution is 8.00. The van der Waals surface area contributed by atoms with Gasteiger partial charge in [-0.25, -0.2) is 4.90 Å². The van der Waals surface area contributed by atoms with Crippen molar-refractivity contribution < 1.29 is 19.1 Å². The maximum absolute atomic E-state index is 12.9. The van der Waals surface area contributed by atoms with Gasteiger partial charge < -0.3 is 10.1 Å². The highest BCUT2D eigenvalue weighted by Gasteiger charge is 2.40. The lowest BCUT2D eigenvalue weighted by molar-refractivity contribution is -0.121. The normalized spacial score (nSPS) is 16.5. The minimum atomic E-state index is -0.472. The molecule has 2 aromatic rings. The average Bonchev–Trinajstić information content (AvgIpc) is 2.96. The van der Waals surface area contributed by atoms with Gasteiger partial charge in [0.25, 0.3) is 0 Å². The minimum Gasteiger partial charge on any atom is -0.494 e. The molecule has 3 rings (SSSR count). The fourth-order valence-electron chi connectivity index (χ4n) is 3.29. The van der Waals surface area contributed by atoms with E-state index < -0.39 is 5.25 Å². The van der Waals surface area contributed by atoms with Gasteiger partial charge in [-0.1, -0.05) is 20.8 Å². The van der Waals surface area contributed by atoms with Crippen LogP contribution in [0.5, 0.6) is 5.75 Å². The molecule has 1 atom stereocenters. The van der Waals surface area contributed by atoms with Gasteiger partial charge in [-0.2, -0.15) is 0 Å². The number of carbonyl (C=O) groups is 3. The highest BCUT2D eigenvalue weighted by atomic mass is 32.2. The summed E-state index contributed by atoms with van der Waals surface area (Å²) in [5.74, 6) is 0.237. The molecule has 2 aromatic carbocycles. The molecule has 0 spiro atoms. The van der Waals surface area contributed by atoms with Crippen LogP contribution in [0.2, 0.25) is 0 Å². The molecular formula is C24H28N2O4S. The van der Waals surface area contributed by atoms with Crippen LogP contribution in [0.25, 0.3) is 0 Å². The molecule has 0 saturated carbocycles. The maximum Gasteiger partial charge on any atom is 0.247 e. The second kappa shape index (κ2) is 9.56. The van der Waals surface area contributed by atoms with Gasteiger partial charge in [0.05, 0.1) is 17.5 Å². The summed E-state index contributed by atoms with van der Waals surface area (Å²) in [5.41, 5.74) is 1.19. The highest BCUT2D eigenvalue weighted by Crippen LogP contribution is 2.35. The fraction of sp³-hybridized carbons (Fsp3) is 0.375. The van der Waals surface area contributed by atoms with Gasteiger partial charge in [0, 0.05) is 23.4 Å². The van der Waals surface area contributed by atoms with E-state index in [0.29, 0.717) is 30.2 Å². The lowest BCUT2D eigenvalue weighted by atomic mass is 9.92. The Labute approximate surface area is 187 Å². The third-order valence-corrected chi connectivity index (χ3v) is 5.82. The van der Waals surface area contributed by atoms with Gasteiger partial charge in [-0.15, -0.1) is 11.8 Å². The summed E-state index contributed by atoms with van der Waals surface area (Å²) in [7, 11) is 0. The van der Waals surface area contributed by atoms with E-state index in [-0.39, 0.29) is 29.6 Å². The number of imide groups is 1. The summed E-state index contributed by atoms with van der Waals surface area (Å²) in [4.78, 5) is 39.6. The summed E-state index contributed by atoms with van der Waals surface area (Å²) >= 11 is 1.36. The van der Waals surface area contributed by atoms with Crippen molar-refractivity contribution in [2.24, 2.45) is 5.41 Å². The van der Waals surface area contributed by atoms with Crippen LogP contribution in [-0.2, 0) is 14.4 Å². The topological polar surface area (TPSA) is 75.7 Å². The van der Waals surface area contributed by atoms with E-state index in [1.807, 2.05) is 52.0 Å². The molecule has 1 aliphatic rings. The van der Waals surface area contributed by atoms with Gasteiger partial charge in [0.2, 0.25) is 17.7 Å². The van der Waals surface area contributed by atoms with Crippen LogP contribution in [-0.4, -0.2) is 29.6 Å². The average molecular weight is 441 g/mol. The number of amides is 3. The van der Waals surface area contributed by atoms with Crippen molar-refractivity contribution in [2.45, 2.75) is 50.7 Å². The van der Waals surface area contributed by atoms with E-state index in [0.717, 1.165) is 4.90 Å². The van der Waals surface area contributed by atoms with E-state index >= 15 is 0 Å². The fourth-order valence-corrected chi connectivity index (χ4v) is 4.35. The van der Waals surface area contributed by atoms with E-state index in [1.165, 1.54) is 16.7 Å². The number of benzene rings is 2. The third kappa shape index (κ3) is 6.10. The van der Waals surface area contributed by atoms with Crippen molar-refractivity contribution in [1.82, 2.24) is 0 Å². The van der Waals surface area contributed by atoms with Crippen LogP contribution in [0.15, 0.2) is 53.4 Å². The van der Waals surface area contributed by atoms with Crippen molar-refractivity contribution in [3.8, 4) is 5.75 Å². The first-order valence-electron chi connectivity index (χ1n) is 10.3. The van der Waals surface area contributed by atoms with Gasteiger partial charge in [-0.3, -0.25) is 14.4 Å². The van der Waals surface area contributed by atoms with Crippen LogP contribution in [0.3, 0.4) is 0 Å². The summed E-state index contributed by atoms with van der Waals surface area (Å²) < 4.78 is 5.42. The standard InChI is InChI=1S/C24H28N2O4S/c1-5-30-18-10-8-17(9-11-18)26-22(28)14-20(23(26)29)31-19-12-6-16(7-13-19)25-21(27)15-24(2,3)4/h6-13,20H,5,14-15H2,1-4H3,(H,25,27). The number of anilines is 2. The van der Waals surface area contributed by atoms with Crippen molar-refractivity contribution in [3.63, 3.8) is 0 Å². The first kappa shape index (κ1) is 22.9. The van der Waals surface area contributed by atoms with Gasteiger partial charge in [0.15, 0.2) is 0 Å². The van der Waals surface area contributed by atoms with E-state index in [4.69, 9.17) is 4.74 Å². The Bertz CT molecular complexity index is 949. The first-order valence-corrected chi connectivity index (χ1v) is 11.2. The van der Waals surface area contributed by atoms with Crippen molar-refractivity contribution in [3.05, 3.63) is 48.5 Å². The Morgan fingerprint density at radius 1 is 1.10 bits per heavy atom. The zero-order valence-corrected chi connectivity index (χ0v) is 19.1. The summed E-state index contributed by atoms with van der Waals surface area (Å²) in [6.07, 6.45) is 0.588. The van der Waals surface area contributed by atoms with Crippen LogP contribution in [0.1, 0.15) is 40.5 Å². The molecule has 164 valence electrons. The van der Waals surface area contributed by atoms with Gasteiger partial charge in [-0.05, 0) is 60.9 Å². The zero-order chi connectivity index (χ0) is 22.6. The van der Waals surface area contributed by atoms with Crippen LogP contribution >= 0.6 is 11.8 Å². The molecule has 0 aliphatic carbocycles. The smallest absolute Gasteiger partial charge is 0.247 e. The molecule has 31 heavy (non-hydrogen) atoms. The quantitative estimate of drug-likeness (QED) is 0.621. The molecule has 0 bridgehead atoms. The summed E-state index contributed by atoms with van der Waals surface area (Å²) in [5, 5.41) is 2.42. The van der Waals surface area contributed by atoms with Crippen LogP contribution in [0.4, 0.5) is 11.4 Å². The lowest BCUT2D eigenvalue weighted by Gasteiger charge is -2.17. The van der Waals surface area contributed by atoms with E-state index in [2.05, 4.69) is 5.32 Å². The lowest BCUT2D eigenvalue weighted by Crippen LogP contribution is -2.31. The minimum absolute atomic E-state index is 0.0320. The molecule has 0 radical (unpaired) electrons. The van der Waals surface area contributed by atoms with E-state index in [9.17, 15) is 14.4 Å². The number of nitrogens with one attached hydrogen (secondary N) is 1. The Morgan fingerprint density at radius 3 is 2.32 bits per heavy atom. The monoisotopic (exact) mass is 440 g/mol. The predicted octanol–water partition coefficient (Wildman–Crippen LogP) is 4.88. The Balaban J connectivity index is 1.62. The van der Waals surface area contributed by atoms with Crippen LogP contribution < -0.4 is 15.0 Å². The molecule has 1 fully saturated rings. The molecule has 1 aliphatic heterocycles. The Morgan fingerprint density at radius 2 is 1.74 bits per heavy atom.